The minimum atomic E-state index is -2.92. The smallest absolute Gasteiger partial charge is 0.345 e. The van der Waals surface area contributed by atoms with E-state index in [1.165, 1.54) is 0 Å². The van der Waals surface area contributed by atoms with E-state index in [0.717, 1.165) is 30.6 Å². The van der Waals surface area contributed by atoms with Gasteiger partial charge in [0.25, 0.3) is 5.91 Å². The van der Waals surface area contributed by atoms with Crippen molar-refractivity contribution in [3.63, 3.8) is 0 Å². The van der Waals surface area contributed by atoms with Crippen LogP contribution in [0.5, 0.6) is 0 Å². The summed E-state index contributed by atoms with van der Waals surface area (Å²) in [5.74, 6) is -0.778. The summed E-state index contributed by atoms with van der Waals surface area (Å²) in [6.07, 6.45) is 0.877. The van der Waals surface area contributed by atoms with Gasteiger partial charge in [-0.2, -0.15) is 13.8 Å². The zero-order valence-corrected chi connectivity index (χ0v) is 18.9. The first-order valence-electron chi connectivity index (χ1n) is 10.4. The number of rotatable bonds is 8. The van der Waals surface area contributed by atoms with Crippen LogP contribution in [-0.4, -0.2) is 46.2 Å². The second-order valence-electron chi connectivity index (χ2n) is 7.76. The number of aromatic nitrogens is 3. The fourth-order valence-electron chi connectivity index (χ4n) is 3.62. The van der Waals surface area contributed by atoms with Gasteiger partial charge in [0.15, 0.2) is 11.5 Å². The fourth-order valence-corrected chi connectivity index (χ4v) is 3.85. The molecule has 1 aliphatic rings. The molecule has 0 fully saturated rings. The lowest BCUT2D eigenvalue weighted by molar-refractivity contribution is -0.137. The number of nitrogens with two attached hydrogens (primary N) is 1. The van der Waals surface area contributed by atoms with Crippen LogP contribution in [0.15, 0.2) is 36.4 Å². The van der Waals surface area contributed by atoms with Gasteiger partial charge in [-0.3, -0.25) is 4.79 Å². The molecule has 2 heterocycles. The Hall–Kier alpha value is -3.41. The lowest BCUT2D eigenvalue weighted by atomic mass is 9.99. The lowest BCUT2D eigenvalue weighted by Crippen LogP contribution is -2.26. The number of nitrogens with one attached hydrogen (secondary N) is 2. The Morgan fingerprint density at radius 1 is 1.21 bits per heavy atom. The summed E-state index contributed by atoms with van der Waals surface area (Å²) in [6.45, 7) is -1.53. The summed E-state index contributed by atoms with van der Waals surface area (Å²) in [4.78, 5) is 18.4. The molecule has 2 aromatic carbocycles. The predicted octanol–water partition coefficient (Wildman–Crippen LogP) is 3.84. The van der Waals surface area contributed by atoms with E-state index >= 15 is 0 Å². The third-order valence-electron chi connectivity index (χ3n) is 5.29. The Balaban J connectivity index is 1.62. The highest BCUT2D eigenvalue weighted by Crippen LogP contribution is 2.31. The van der Waals surface area contributed by atoms with E-state index in [-0.39, 0.29) is 24.1 Å². The Kier molecular flexibility index (Phi) is 7.15. The summed E-state index contributed by atoms with van der Waals surface area (Å²) in [5.41, 5.74) is 8.94. The number of likely N-dealkylation sites (N-methyl/N-ethyl adjacent to an activating group) is 1. The van der Waals surface area contributed by atoms with Crippen LogP contribution in [0.3, 0.4) is 0 Å². The lowest BCUT2D eigenvalue weighted by Gasteiger charge is -2.26. The molecule has 0 bridgehead atoms. The number of benzene rings is 2. The van der Waals surface area contributed by atoms with Gasteiger partial charge in [-0.05, 0) is 42.8 Å². The number of fused-ring (bicyclic) bond motifs is 1. The molecule has 3 aromatic rings. The van der Waals surface area contributed by atoms with Crippen molar-refractivity contribution in [3.8, 4) is 0 Å². The number of carbonyl (C=O) groups is 1. The molecule has 0 unspecified atom stereocenters. The molecule has 0 radical (unpaired) electrons. The van der Waals surface area contributed by atoms with Crippen molar-refractivity contribution in [2.45, 2.75) is 26.2 Å². The van der Waals surface area contributed by atoms with Crippen LogP contribution >= 0.6 is 11.6 Å². The van der Waals surface area contributed by atoms with Crippen LogP contribution < -0.4 is 16.4 Å². The standard InChI is InChI=1S/C22H22ClF2N7O2/c1-32-7-6-12-9-17(15(23)8-14(12)10-32)28-22-29-20(18(19(26)33)30-31-22)27-16-5-3-2-4-13(16)11-34-21(24)25/h2-5,8-9,21H,6-7,10-11H2,1H3,(H2,26,33)(H2,27,28,29,31). The number of alkyl halides is 2. The van der Waals surface area contributed by atoms with E-state index in [4.69, 9.17) is 17.3 Å². The van der Waals surface area contributed by atoms with Gasteiger partial charge in [-0.1, -0.05) is 29.8 Å². The van der Waals surface area contributed by atoms with Gasteiger partial charge in [-0.25, -0.2) is 0 Å². The minimum Gasteiger partial charge on any atom is -0.364 e. The number of nitrogens with zero attached hydrogens (tertiary/aromatic N) is 4. The molecule has 0 aliphatic carbocycles. The van der Waals surface area contributed by atoms with Crippen LogP contribution in [0.1, 0.15) is 27.2 Å². The molecular formula is C22H22ClF2N7O2. The minimum absolute atomic E-state index is 0.00482. The SMILES string of the molecule is CN1CCc2cc(Nc3nnc(C(N)=O)c(Nc4ccccc4COC(F)F)n3)c(Cl)cc2C1. The Bertz CT molecular complexity index is 1210. The van der Waals surface area contributed by atoms with Gasteiger partial charge in [0, 0.05) is 24.3 Å². The average Bonchev–Trinajstić information content (AvgIpc) is 2.79. The number of anilines is 4. The summed E-state index contributed by atoms with van der Waals surface area (Å²) in [7, 11) is 2.05. The van der Waals surface area contributed by atoms with E-state index in [0.29, 0.717) is 22.0 Å². The summed E-state index contributed by atoms with van der Waals surface area (Å²) >= 11 is 6.47. The number of carbonyl (C=O) groups excluding carboxylic acids is 1. The molecule has 4 N–H and O–H groups in total. The van der Waals surface area contributed by atoms with Gasteiger partial charge in [0.1, 0.15) is 0 Å². The van der Waals surface area contributed by atoms with E-state index in [1.807, 2.05) is 12.1 Å². The van der Waals surface area contributed by atoms with E-state index in [2.05, 4.69) is 42.5 Å². The van der Waals surface area contributed by atoms with Crippen molar-refractivity contribution in [3.05, 3.63) is 63.8 Å². The predicted molar refractivity (Wildman–Crippen MR) is 124 cm³/mol. The van der Waals surface area contributed by atoms with Gasteiger partial charge in [0.05, 0.1) is 17.3 Å². The third-order valence-corrected chi connectivity index (χ3v) is 5.61. The van der Waals surface area contributed by atoms with E-state index < -0.39 is 12.5 Å². The Labute approximate surface area is 199 Å². The highest BCUT2D eigenvalue weighted by Gasteiger charge is 2.19. The maximum absolute atomic E-state index is 12.5. The average molecular weight is 490 g/mol. The van der Waals surface area contributed by atoms with E-state index in [9.17, 15) is 13.6 Å². The molecule has 0 saturated carbocycles. The number of hydrogen-bond acceptors (Lipinski definition) is 8. The van der Waals surface area contributed by atoms with Gasteiger partial charge < -0.3 is 26.0 Å². The highest BCUT2D eigenvalue weighted by molar-refractivity contribution is 6.33. The monoisotopic (exact) mass is 489 g/mol. The molecule has 0 spiro atoms. The molecular weight excluding hydrogens is 468 g/mol. The van der Waals surface area contributed by atoms with Crippen molar-refractivity contribution < 1.29 is 18.3 Å². The fraction of sp³-hybridized carbons (Fsp3) is 0.273. The molecule has 1 aliphatic heterocycles. The summed E-state index contributed by atoms with van der Waals surface area (Å²) in [5, 5.41) is 14.3. The van der Waals surface area contributed by atoms with Crippen LogP contribution in [0.2, 0.25) is 5.02 Å². The molecule has 1 amide bonds. The number of halogens is 3. The number of amides is 1. The third kappa shape index (κ3) is 5.56. The van der Waals surface area contributed by atoms with Crippen LogP contribution in [0.4, 0.5) is 31.9 Å². The zero-order chi connectivity index (χ0) is 24.2. The molecule has 9 nitrogen and oxygen atoms in total. The first-order valence-corrected chi connectivity index (χ1v) is 10.7. The number of para-hydroxylation sites is 1. The topological polar surface area (TPSA) is 118 Å². The largest absolute Gasteiger partial charge is 0.364 e. The molecule has 4 rings (SSSR count). The van der Waals surface area contributed by atoms with Gasteiger partial charge >= 0.3 is 6.61 Å². The first-order chi connectivity index (χ1) is 16.3. The summed E-state index contributed by atoms with van der Waals surface area (Å²) < 4.78 is 29.4. The normalized spacial score (nSPS) is 13.6. The van der Waals surface area contributed by atoms with E-state index in [1.54, 1.807) is 24.3 Å². The number of primary amides is 1. The molecule has 0 saturated heterocycles. The number of hydrogen-bond donors (Lipinski definition) is 3. The zero-order valence-electron chi connectivity index (χ0n) is 18.2. The second kappa shape index (κ2) is 10.2. The molecule has 1 aromatic heterocycles. The molecule has 178 valence electrons. The van der Waals surface area contributed by atoms with Gasteiger partial charge in [0.2, 0.25) is 5.95 Å². The van der Waals surface area contributed by atoms with Crippen LogP contribution in [0.25, 0.3) is 0 Å². The Morgan fingerprint density at radius 2 is 2.00 bits per heavy atom. The molecule has 34 heavy (non-hydrogen) atoms. The second-order valence-corrected chi connectivity index (χ2v) is 8.17. The van der Waals surface area contributed by atoms with Crippen molar-refractivity contribution in [1.82, 2.24) is 20.1 Å². The van der Waals surface area contributed by atoms with Crippen LogP contribution in [0, 0.1) is 0 Å². The van der Waals surface area contributed by atoms with Crippen molar-refractivity contribution in [2.24, 2.45) is 5.73 Å². The van der Waals surface area contributed by atoms with Crippen molar-refractivity contribution in [2.75, 3.05) is 24.2 Å². The quantitative estimate of drug-likeness (QED) is 0.437. The highest BCUT2D eigenvalue weighted by atomic mass is 35.5. The summed E-state index contributed by atoms with van der Waals surface area (Å²) in [6, 6.07) is 10.4. The van der Waals surface area contributed by atoms with Crippen LogP contribution in [-0.2, 0) is 24.3 Å². The molecule has 0 atom stereocenters. The van der Waals surface area contributed by atoms with Gasteiger partial charge in [-0.15, -0.1) is 10.2 Å². The van der Waals surface area contributed by atoms with Crippen molar-refractivity contribution in [1.29, 1.82) is 0 Å². The maximum Gasteiger partial charge on any atom is 0.345 e. The van der Waals surface area contributed by atoms with Crippen molar-refractivity contribution >= 4 is 40.6 Å². The Morgan fingerprint density at radius 3 is 2.76 bits per heavy atom. The first kappa shape index (κ1) is 23.7. The number of ether oxygens (including phenoxy) is 1. The molecule has 12 heteroatoms. The maximum atomic E-state index is 12.5.